The van der Waals surface area contributed by atoms with Crippen LogP contribution in [0.25, 0.3) is 0 Å². The summed E-state index contributed by atoms with van der Waals surface area (Å²) >= 11 is 0. The van der Waals surface area contributed by atoms with Crippen molar-refractivity contribution >= 4 is 11.7 Å². The molecule has 0 aromatic carbocycles. The van der Waals surface area contributed by atoms with Gasteiger partial charge in [0.05, 0.1) is 11.3 Å². The number of aromatic nitrogens is 2. The van der Waals surface area contributed by atoms with Gasteiger partial charge in [-0.2, -0.15) is 5.10 Å². The maximum absolute atomic E-state index is 12.6. The number of ketones is 1. The van der Waals surface area contributed by atoms with E-state index in [1.54, 1.807) is 17.8 Å². The minimum atomic E-state index is 0.0219. The van der Waals surface area contributed by atoms with E-state index in [0.29, 0.717) is 12.0 Å². The van der Waals surface area contributed by atoms with Crippen LogP contribution in [0.15, 0.2) is 6.20 Å². The Balaban J connectivity index is 2.20. The number of carbonyl (C=O) groups excluding carboxylic acids is 2. The molecule has 5 nitrogen and oxygen atoms in total. The molecule has 104 valence electrons. The molecule has 0 N–H and O–H groups in total. The Morgan fingerprint density at radius 2 is 2.21 bits per heavy atom. The first kappa shape index (κ1) is 13.8. The van der Waals surface area contributed by atoms with Crippen LogP contribution in [0.2, 0.25) is 0 Å². The van der Waals surface area contributed by atoms with Crippen molar-refractivity contribution in [2.75, 3.05) is 6.54 Å². The number of hydrogen-bond donors (Lipinski definition) is 0. The van der Waals surface area contributed by atoms with Crippen molar-refractivity contribution in [2.24, 2.45) is 7.05 Å². The lowest BCUT2D eigenvalue weighted by atomic mass is 10.1. The van der Waals surface area contributed by atoms with E-state index in [2.05, 4.69) is 5.10 Å². The molecule has 1 amide bonds. The van der Waals surface area contributed by atoms with E-state index in [9.17, 15) is 9.59 Å². The van der Waals surface area contributed by atoms with Crippen LogP contribution in [0.1, 0.15) is 49.2 Å². The summed E-state index contributed by atoms with van der Waals surface area (Å²) in [4.78, 5) is 25.7. The van der Waals surface area contributed by atoms with E-state index in [4.69, 9.17) is 0 Å². The van der Waals surface area contributed by atoms with E-state index in [1.807, 2.05) is 18.9 Å². The van der Waals surface area contributed by atoms with Crippen molar-refractivity contribution in [1.82, 2.24) is 14.7 Å². The van der Waals surface area contributed by atoms with Crippen LogP contribution < -0.4 is 0 Å². The van der Waals surface area contributed by atoms with Gasteiger partial charge < -0.3 is 4.90 Å². The molecule has 0 saturated carbocycles. The van der Waals surface area contributed by atoms with Gasteiger partial charge in [-0.05, 0) is 26.2 Å². The highest BCUT2D eigenvalue weighted by atomic mass is 16.2. The van der Waals surface area contributed by atoms with E-state index in [-0.39, 0.29) is 17.7 Å². The Labute approximate surface area is 113 Å². The zero-order valence-electron chi connectivity index (χ0n) is 11.8. The Kier molecular flexibility index (Phi) is 4.02. The van der Waals surface area contributed by atoms with Crippen LogP contribution in [0.3, 0.4) is 0 Å². The smallest absolute Gasteiger partial charge is 0.257 e. The molecule has 1 unspecified atom stereocenters. The van der Waals surface area contributed by atoms with Gasteiger partial charge in [0, 0.05) is 32.3 Å². The highest BCUT2D eigenvalue weighted by Gasteiger charge is 2.31. The molecule has 1 saturated heterocycles. The van der Waals surface area contributed by atoms with Gasteiger partial charge in [0.15, 0.2) is 0 Å². The molecule has 2 heterocycles. The second-order valence-corrected chi connectivity index (χ2v) is 5.22. The van der Waals surface area contributed by atoms with Crippen molar-refractivity contribution in [3.63, 3.8) is 0 Å². The summed E-state index contributed by atoms with van der Waals surface area (Å²) in [6.07, 6.45) is 4.89. The van der Waals surface area contributed by atoms with Gasteiger partial charge >= 0.3 is 0 Å². The number of rotatable bonds is 4. The molecule has 1 aromatic heterocycles. The third kappa shape index (κ3) is 2.85. The molecule has 1 atom stereocenters. The number of amides is 1. The van der Waals surface area contributed by atoms with Crippen molar-refractivity contribution in [3.05, 3.63) is 17.5 Å². The Morgan fingerprint density at radius 1 is 1.47 bits per heavy atom. The van der Waals surface area contributed by atoms with Crippen molar-refractivity contribution < 1.29 is 9.59 Å². The van der Waals surface area contributed by atoms with Gasteiger partial charge in [-0.25, -0.2) is 0 Å². The van der Waals surface area contributed by atoms with Gasteiger partial charge in [-0.3, -0.25) is 14.3 Å². The normalized spacial score (nSPS) is 18.9. The number of carbonyl (C=O) groups is 2. The minimum absolute atomic E-state index is 0.0219. The average Bonchev–Trinajstić information content (AvgIpc) is 2.94. The van der Waals surface area contributed by atoms with Crippen LogP contribution in [0.5, 0.6) is 0 Å². The summed E-state index contributed by atoms with van der Waals surface area (Å²) in [6, 6.07) is 0.0647. The molecule has 1 aromatic rings. The molecule has 1 aliphatic rings. The van der Waals surface area contributed by atoms with E-state index < -0.39 is 0 Å². The summed E-state index contributed by atoms with van der Waals surface area (Å²) in [6.45, 7) is 4.33. The van der Waals surface area contributed by atoms with Gasteiger partial charge in [-0.15, -0.1) is 0 Å². The number of hydrogen-bond acceptors (Lipinski definition) is 3. The van der Waals surface area contributed by atoms with Gasteiger partial charge in [0.2, 0.25) is 0 Å². The second kappa shape index (κ2) is 5.55. The van der Waals surface area contributed by atoms with Gasteiger partial charge in [-0.1, -0.05) is 6.92 Å². The summed E-state index contributed by atoms with van der Waals surface area (Å²) < 4.78 is 1.68. The average molecular weight is 263 g/mol. The zero-order valence-corrected chi connectivity index (χ0v) is 11.8. The summed E-state index contributed by atoms with van der Waals surface area (Å²) in [7, 11) is 1.83. The Bertz CT molecular complexity index is 493. The van der Waals surface area contributed by atoms with Crippen molar-refractivity contribution in [1.29, 1.82) is 0 Å². The first-order valence-electron chi connectivity index (χ1n) is 6.85. The van der Waals surface area contributed by atoms with Gasteiger partial charge in [0.25, 0.3) is 5.91 Å². The highest BCUT2D eigenvalue weighted by Crippen LogP contribution is 2.23. The fraction of sp³-hybridized carbons (Fsp3) is 0.643. The van der Waals surface area contributed by atoms with E-state index >= 15 is 0 Å². The molecule has 0 aliphatic carbocycles. The number of aryl methyl sites for hydroxylation is 2. The lowest BCUT2D eigenvalue weighted by Crippen LogP contribution is -2.36. The molecule has 2 rings (SSSR count). The quantitative estimate of drug-likeness (QED) is 0.828. The topological polar surface area (TPSA) is 55.2 Å². The molecule has 0 spiro atoms. The maximum Gasteiger partial charge on any atom is 0.257 e. The molecule has 5 heteroatoms. The number of likely N-dealkylation sites (tertiary alicyclic amines) is 1. The molecule has 1 fully saturated rings. The van der Waals surface area contributed by atoms with Crippen LogP contribution >= 0.6 is 0 Å². The largest absolute Gasteiger partial charge is 0.335 e. The molecule has 0 bridgehead atoms. The predicted octanol–water partition coefficient (Wildman–Crippen LogP) is 1.57. The fourth-order valence-corrected chi connectivity index (χ4v) is 2.78. The van der Waals surface area contributed by atoms with Gasteiger partial charge in [0.1, 0.15) is 5.78 Å². The molecule has 19 heavy (non-hydrogen) atoms. The number of Topliss-reactive ketones (excluding diaryl/α,β-unsaturated/α-hetero) is 1. The van der Waals surface area contributed by atoms with Crippen LogP contribution in [0.4, 0.5) is 0 Å². The zero-order chi connectivity index (χ0) is 14.0. The lowest BCUT2D eigenvalue weighted by molar-refractivity contribution is -0.117. The number of nitrogens with zero attached hydrogens (tertiary/aromatic N) is 3. The predicted molar refractivity (Wildman–Crippen MR) is 71.9 cm³/mol. The third-order valence-corrected chi connectivity index (χ3v) is 3.63. The Morgan fingerprint density at radius 3 is 2.84 bits per heavy atom. The molecular formula is C14H21N3O2. The molecule has 0 radical (unpaired) electrons. The lowest BCUT2D eigenvalue weighted by Gasteiger charge is -2.23. The summed E-state index contributed by atoms with van der Waals surface area (Å²) in [5.74, 6) is 0.167. The molecule has 1 aliphatic heterocycles. The standard InChI is InChI=1S/C14H21N3O2/c1-4-13-12(9-16(3)15-13)14(19)17-7-5-6-11(17)8-10(2)18/h9,11H,4-8H2,1-3H3. The Hall–Kier alpha value is -1.65. The second-order valence-electron chi connectivity index (χ2n) is 5.22. The highest BCUT2D eigenvalue weighted by molar-refractivity contribution is 5.95. The van der Waals surface area contributed by atoms with Crippen molar-refractivity contribution in [3.8, 4) is 0 Å². The van der Waals surface area contributed by atoms with Crippen LogP contribution in [-0.4, -0.2) is 39.0 Å². The molecular weight excluding hydrogens is 242 g/mol. The van der Waals surface area contributed by atoms with E-state index in [1.165, 1.54) is 0 Å². The first-order valence-corrected chi connectivity index (χ1v) is 6.85. The fourth-order valence-electron chi connectivity index (χ4n) is 2.78. The van der Waals surface area contributed by atoms with Crippen LogP contribution in [-0.2, 0) is 18.3 Å². The summed E-state index contributed by atoms with van der Waals surface area (Å²) in [5, 5.41) is 4.31. The maximum atomic E-state index is 12.6. The van der Waals surface area contributed by atoms with E-state index in [0.717, 1.165) is 31.5 Å². The minimum Gasteiger partial charge on any atom is -0.335 e. The van der Waals surface area contributed by atoms with Crippen molar-refractivity contribution in [2.45, 2.75) is 45.6 Å². The first-order chi connectivity index (χ1) is 9.02. The summed E-state index contributed by atoms with van der Waals surface area (Å²) in [5.41, 5.74) is 1.52. The SMILES string of the molecule is CCc1nn(C)cc1C(=O)N1CCCC1CC(C)=O. The monoisotopic (exact) mass is 263 g/mol. The van der Waals surface area contributed by atoms with Crippen LogP contribution in [0, 0.1) is 0 Å². The third-order valence-electron chi connectivity index (χ3n) is 3.63.